The van der Waals surface area contributed by atoms with Crippen LogP contribution in [0, 0.1) is 0 Å². The number of nitrogens with zero attached hydrogens (tertiary/aromatic N) is 1. The number of aliphatic imine (C=N–C) groups is 1. The molecular weight excluding hydrogens is 475 g/mol. The fourth-order valence-corrected chi connectivity index (χ4v) is 4.39. The van der Waals surface area contributed by atoms with Crippen LogP contribution in [0.25, 0.3) is 0 Å². The second-order valence-electron chi connectivity index (χ2n) is 6.63. The van der Waals surface area contributed by atoms with Crippen molar-refractivity contribution in [1.82, 2.24) is 10.6 Å². The minimum Gasteiger partial charge on any atom is -0.368 e. The molecule has 2 aliphatic heterocycles. The highest BCUT2D eigenvalue weighted by Crippen LogP contribution is 2.25. The maximum absolute atomic E-state index is 12.2. The number of carbonyl (C=O) groups is 1. The Bertz CT molecular complexity index is 632. The number of amides is 1. The molecule has 2 atom stereocenters. The van der Waals surface area contributed by atoms with E-state index in [4.69, 9.17) is 4.74 Å². The zero-order chi connectivity index (χ0) is 18.2. The average molecular weight is 504 g/mol. The first-order chi connectivity index (χ1) is 12.7. The monoisotopic (exact) mass is 504 g/mol. The number of benzene rings is 1. The molecule has 1 aromatic rings. The lowest BCUT2D eigenvalue weighted by atomic mass is 10.2. The van der Waals surface area contributed by atoms with Gasteiger partial charge >= 0.3 is 0 Å². The molecule has 150 valence electrons. The number of anilines is 1. The molecule has 1 aromatic carbocycles. The number of hydrogen-bond donors (Lipinski definition) is 3. The van der Waals surface area contributed by atoms with Crippen LogP contribution >= 0.6 is 35.7 Å². The van der Waals surface area contributed by atoms with Crippen molar-refractivity contribution in [3.63, 3.8) is 0 Å². The third-order valence-electron chi connectivity index (χ3n) is 4.62. The van der Waals surface area contributed by atoms with E-state index in [0.29, 0.717) is 18.4 Å². The average Bonchev–Trinajstić information content (AvgIpc) is 3.36. The molecule has 2 saturated heterocycles. The predicted octanol–water partition coefficient (Wildman–Crippen LogP) is 2.98. The van der Waals surface area contributed by atoms with Gasteiger partial charge in [-0.3, -0.25) is 9.79 Å². The first-order valence-electron chi connectivity index (χ1n) is 9.32. The maximum Gasteiger partial charge on any atom is 0.253 e. The zero-order valence-corrected chi connectivity index (χ0v) is 18.8. The third kappa shape index (κ3) is 7.15. The molecule has 0 aromatic heterocycles. The van der Waals surface area contributed by atoms with Gasteiger partial charge in [0.05, 0.1) is 0 Å². The van der Waals surface area contributed by atoms with Crippen LogP contribution in [0.15, 0.2) is 29.3 Å². The molecule has 3 rings (SSSR count). The standard InChI is InChI=1S/C19H28N4O2S.HI/c1-20-19(22-13-16-7-4-10-26-16)21-12-14-5-2-6-15(11-14)23-18(24)17-8-3-9-25-17;/h2,5-6,11,16-17H,3-4,7-10,12-13H2,1H3,(H,23,24)(H2,20,21,22);1H. The van der Waals surface area contributed by atoms with Crippen LogP contribution in [0.2, 0.25) is 0 Å². The topological polar surface area (TPSA) is 74.8 Å². The summed E-state index contributed by atoms with van der Waals surface area (Å²) in [5.74, 6) is 2.02. The Balaban J connectivity index is 0.00000261. The normalized spacial score (nSPS) is 22.2. The van der Waals surface area contributed by atoms with Crippen LogP contribution in [0.3, 0.4) is 0 Å². The summed E-state index contributed by atoms with van der Waals surface area (Å²) < 4.78 is 5.43. The lowest BCUT2D eigenvalue weighted by Crippen LogP contribution is -2.39. The Morgan fingerprint density at radius 2 is 2.19 bits per heavy atom. The molecule has 0 saturated carbocycles. The van der Waals surface area contributed by atoms with Gasteiger partial charge < -0.3 is 20.7 Å². The highest BCUT2D eigenvalue weighted by molar-refractivity contribution is 14.0. The highest BCUT2D eigenvalue weighted by Gasteiger charge is 2.23. The Morgan fingerprint density at radius 1 is 1.30 bits per heavy atom. The van der Waals surface area contributed by atoms with E-state index in [0.717, 1.165) is 36.6 Å². The van der Waals surface area contributed by atoms with Crippen molar-refractivity contribution >= 4 is 53.3 Å². The van der Waals surface area contributed by atoms with Crippen molar-refractivity contribution in [2.75, 3.05) is 31.3 Å². The first kappa shape index (κ1) is 22.3. The van der Waals surface area contributed by atoms with Gasteiger partial charge in [0.15, 0.2) is 5.96 Å². The quantitative estimate of drug-likeness (QED) is 0.316. The van der Waals surface area contributed by atoms with Crippen LogP contribution in [0.5, 0.6) is 0 Å². The van der Waals surface area contributed by atoms with Crippen molar-refractivity contribution in [3.05, 3.63) is 29.8 Å². The van der Waals surface area contributed by atoms with Crippen LogP contribution in [-0.2, 0) is 16.1 Å². The van der Waals surface area contributed by atoms with E-state index in [1.165, 1.54) is 18.6 Å². The molecule has 2 unspecified atom stereocenters. The molecular formula is C19H29IN4O2S. The fourth-order valence-electron chi connectivity index (χ4n) is 3.19. The summed E-state index contributed by atoms with van der Waals surface area (Å²) >= 11 is 2.03. The van der Waals surface area contributed by atoms with Crippen LogP contribution in [-0.4, -0.2) is 49.2 Å². The van der Waals surface area contributed by atoms with Gasteiger partial charge in [-0.1, -0.05) is 12.1 Å². The SMILES string of the molecule is CN=C(NCc1cccc(NC(=O)C2CCCO2)c1)NCC1CCCS1.I. The summed E-state index contributed by atoms with van der Waals surface area (Å²) in [6.07, 6.45) is 4.03. The van der Waals surface area contributed by atoms with E-state index >= 15 is 0 Å². The number of thioether (sulfide) groups is 1. The number of hydrogen-bond acceptors (Lipinski definition) is 4. The smallest absolute Gasteiger partial charge is 0.253 e. The summed E-state index contributed by atoms with van der Waals surface area (Å²) in [5.41, 5.74) is 1.89. The molecule has 3 N–H and O–H groups in total. The van der Waals surface area contributed by atoms with E-state index in [-0.39, 0.29) is 36.0 Å². The molecule has 2 aliphatic rings. The molecule has 0 spiro atoms. The minimum atomic E-state index is -0.312. The summed E-state index contributed by atoms with van der Waals surface area (Å²) in [4.78, 5) is 16.5. The molecule has 8 heteroatoms. The Hall–Kier alpha value is -1.00. The van der Waals surface area contributed by atoms with Crippen LogP contribution in [0.4, 0.5) is 5.69 Å². The summed E-state index contributed by atoms with van der Waals surface area (Å²) in [7, 11) is 1.79. The molecule has 0 aliphatic carbocycles. The molecule has 27 heavy (non-hydrogen) atoms. The minimum absolute atomic E-state index is 0. The van der Waals surface area contributed by atoms with Crippen molar-refractivity contribution in [3.8, 4) is 0 Å². The molecule has 6 nitrogen and oxygen atoms in total. The lowest BCUT2D eigenvalue weighted by Gasteiger charge is -2.15. The van der Waals surface area contributed by atoms with Gasteiger partial charge in [-0.05, 0) is 49.1 Å². The van der Waals surface area contributed by atoms with Gasteiger partial charge in [-0.2, -0.15) is 11.8 Å². The highest BCUT2D eigenvalue weighted by atomic mass is 127. The Kier molecular flexibility index (Phi) is 9.70. The van der Waals surface area contributed by atoms with Gasteiger partial charge in [-0.15, -0.1) is 24.0 Å². The Morgan fingerprint density at radius 3 is 2.89 bits per heavy atom. The number of ether oxygens (including phenoxy) is 1. The second kappa shape index (κ2) is 11.8. The van der Waals surface area contributed by atoms with E-state index in [2.05, 4.69) is 20.9 Å². The summed E-state index contributed by atoms with van der Waals surface area (Å²) in [6, 6.07) is 7.88. The van der Waals surface area contributed by atoms with Crippen molar-refractivity contribution < 1.29 is 9.53 Å². The van der Waals surface area contributed by atoms with Gasteiger partial charge in [0, 0.05) is 37.7 Å². The zero-order valence-electron chi connectivity index (χ0n) is 15.7. The number of nitrogens with one attached hydrogen (secondary N) is 3. The Labute approximate surface area is 182 Å². The molecule has 2 heterocycles. The first-order valence-corrected chi connectivity index (χ1v) is 10.4. The van der Waals surface area contributed by atoms with E-state index in [9.17, 15) is 4.79 Å². The summed E-state index contributed by atoms with van der Waals surface area (Å²) in [5, 5.41) is 10.4. The molecule has 2 fully saturated rings. The molecule has 0 radical (unpaired) electrons. The van der Waals surface area contributed by atoms with E-state index in [1.54, 1.807) is 7.05 Å². The van der Waals surface area contributed by atoms with Crippen molar-refractivity contribution in [2.24, 2.45) is 4.99 Å². The number of rotatable bonds is 6. The van der Waals surface area contributed by atoms with E-state index < -0.39 is 0 Å². The third-order valence-corrected chi connectivity index (χ3v) is 6.02. The van der Waals surface area contributed by atoms with Gasteiger partial charge in [0.25, 0.3) is 5.91 Å². The fraction of sp³-hybridized carbons (Fsp3) is 0.579. The molecule has 1 amide bonds. The van der Waals surface area contributed by atoms with Gasteiger partial charge in [0.2, 0.25) is 0 Å². The van der Waals surface area contributed by atoms with Gasteiger partial charge in [0.1, 0.15) is 6.10 Å². The lowest BCUT2D eigenvalue weighted by molar-refractivity contribution is -0.124. The largest absolute Gasteiger partial charge is 0.368 e. The number of halogens is 1. The van der Waals surface area contributed by atoms with Crippen LogP contribution < -0.4 is 16.0 Å². The van der Waals surface area contributed by atoms with Crippen molar-refractivity contribution in [1.29, 1.82) is 0 Å². The predicted molar refractivity (Wildman–Crippen MR) is 123 cm³/mol. The maximum atomic E-state index is 12.2. The second-order valence-corrected chi connectivity index (χ2v) is 8.04. The number of carbonyl (C=O) groups excluding carboxylic acids is 1. The molecule has 0 bridgehead atoms. The van der Waals surface area contributed by atoms with Crippen LogP contribution in [0.1, 0.15) is 31.2 Å². The van der Waals surface area contributed by atoms with E-state index in [1.807, 2.05) is 36.0 Å². The number of guanidine groups is 1. The van der Waals surface area contributed by atoms with Crippen molar-refractivity contribution in [2.45, 2.75) is 43.6 Å². The van der Waals surface area contributed by atoms with Gasteiger partial charge in [-0.25, -0.2) is 0 Å². The summed E-state index contributed by atoms with van der Waals surface area (Å²) in [6.45, 7) is 2.27.